The first-order chi connectivity index (χ1) is 7.76. The lowest BCUT2D eigenvalue weighted by Gasteiger charge is -2.09. The standard InChI is InChI=1S/C11H16N2O2S/c1-15-8-9(14)4-5-13-7-11-3-2-10(6-12)16-11/h2-3,9,13-14H,4-5,7-8H2,1H3. The summed E-state index contributed by atoms with van der Waals surface area (Å²) in [5.41, 5.74) is 0. The summed E-state index contributed by atoms with van der Waals surface area (Å²) in [7, 11) is 1.58. The molecule has 5 heteroatoms. The average Bonchev–Trinajstić information content (AvgIpc) is 2.73. The molecule has 0 aliphatic carbocycles. The Hall–Kier alpha value is -0.930. The quantitative estimate of drug-likeness (QED) is 0.701. The Morgan fingerprint density at radius 3 is 3.06 bits per heavy atom. The largest absolute Gasteiger partial charge is 0.391 e. The number of nitrogens with zero attached hydrogens (tertiary/aromatic N) is 1. The molecule has 1 aromatic heterocycles. The highest BCUT2D eigenvalue weighted by Crippen LogP contribution is 2.14. The van der Waals surface area contributed by atoms with Crippen molar-refractivity contribution in [1.82, 2.24) is 5.32 Å². The van der Waals surface area contributed by atoms with E-state index in [0.29, 0.717) is 13.0 Å². The van der Waals surface area contributed by atoms with Crippen molar-refractivity contribution < 1.29 is 9.84 Å². The molecule has 16 heavy (non-hydrogen) atoms. The molecule has 0 amide bonds. The maximum Gasteiger partial charge on any atom is 0.110 e. The van der Waals surface area contributed by atoms with Gasteiger partial charge in [-0.2, -0.15) is 5.26 Å². The van der Waals surface area contributed by atoms with Gasteiger partial charge in [-0.3, -0.25) is 0 Å². The van der Waals surface area contributed by atoms with Crippen LogP contribution in [-0.2, 0) is 11.3 Å². The van der Waals surface area contributed by atoms with Gasteiger partial charge in [0.05, 0.1) is 12.7 Å². The molecule has 0 spiro atoms. The van der Waals surface area contributed by atoms with E-state index in [1.165, 1.54) is 11.3 Å². The Kier molecular flexibility index (Phi) is 6.04. The summed E-state index contributed by atoms with van der Waals surface area (Å²) in [6, 6.07) is 5.87. The van der Waals surface area contributed by atoms with Crippen molar-refractivity contribution in [2.75, 3.05) is 20.3 Å². The first-order valence-electron chi connectivity index (χ1n) is 5.12. The molecule has 1 atom stereocenters. The van der Waals surface area contributed by atoms with Crippen molar-refractivity contribution in [2.45, 2.75) is 19.1 Å². The molecule has 1 rings (SSSR count). The lowest BCUT2D eigenvalue weighted by Crippen LogP contribution is -2.22. The molecular formula is C11H16N2O2S. The highest BCUT2D eigenvalue weighted by atomic mass is 32.1. The Bertz CT molecular complexity index is 346. The molecule has 0 saturated heterocycles. The number of methoxy groups -OCH3 is 1. The summed E-state index contributed by atoms with van der Waals surface area (Å²) >= 11 is 1.49. The minimum absolute atomic E-state index is 0.374. The number of aliphatic hydroxyl groups is 1. The number of rotatable bonds is 7. The molecule has 4 nitrogen and oxygen atoms in total. The molecule has 0 radical (unpaired) electrons. The predicted octanol–water partition coefficient (Wildman–Crippen LogP) is 1.11. The fourth-order valence-corrected chi connectivity index (χ4v) is 2.06. The number of hydrogen-bond donors (Lipinski definition) is 2. The third kappa shape index (κ3) is 4.73. The third-order valence-electron chi connectivity index (χ3n) is 2.08. The van der Waals surface area contributed by atoms with E-state index >= 15 is 0 Å². The Labute approximate surface area is 99.5 Å². The van der Waals surface area contributed by atoms with Crippen LogP contribution in [0.25, 0.3) is 0 Å². The van der Waals surface area contributed by atoms with Crippen LogP contribution in [0, 0.1) is 11.3 Å². The lowest BCUT2D eigenvalue weighted by molar-refractivity contribution is 0.0594. The maximum atomic E-state index is 9.38. The Balaban J connectivity index is 2.14. The summed E-state index contributed by atoms with van der Waals surface area (Å²) in [6.45, 7) is 1.86. The average molecular weight is 240 g/mol. The van der Waals surface area contributed by atoms with Gasteiger partial charge in [-0.05, 0) is 25.1 Å². The van der Waals surface area contributed by atoms with E-state index < -0.39 is 6.10 Å². The van der Waals surface area contributed by atoms with E-state index in [4.69, 9.17) is 10.00 Å². The Morgan fingerprint density at radius 2 is 2.44 bits per heavy atom. The fraction of sp³-hybridized carbons (Fsp3) is 0.545. The number of nitrogens with one attached hydrogen (secondary N) is 1. The molecule has 2 N–H and O–H groups in total. The van der Waals surface area contributed by atoms with Crippen LogP contribution in [0.5, 0.6) is 0 Å². The SMILES string of the molecule is COCC(O)CCNCc1ccc(C#N)s1. The minimum Gasteiger partial charge on any atom is -0.391 e. The normalized spacial score (nSPS) is 12.3. The second-order valence-corrected chi connectivity index (χ2v) is 4.62. The van der Waals surface area contributed by atoms with Gasteiger partial charge in [0.1, 0.15) is 10.9 Å². The maximum absolute atomic E-state index is 9.38. The Morgan fingerprint density at radius 1 is 1.62 bits per heavy atom. The second-order valence-electron chi connectivity index (χ2n) is 3.45. The van der Waals surface area contributed by atoms with E-state index in [0.717, 1.165) is 22.8 Å². The number of nitriles is 1. The first kappa shape index (κ1) is 13.1. The molecule has 0 aromatic carbocycles. The zero-order valence-corrected chi connectivity index (χ0v) is 10.1. The van der Waals surface area contributed by atoms with Crippen molar-refractivity contribution in [3.63, 3.8) is 0 Å². The first-order valence-corrected chi connectivity index (χ1v) is 5.94. The van der Waals surface area contributed by atoms with Gasteiger partial charge >= 0.3 is 0 Å². The summed E-state index contributed by atoms with van der Waals surface area (Å²) in [4.78, 5) is 1.87. The van der Waals surface area contributed by atoms with E-state index in [-0.39, 0.29) is 0 Å². The van der Waals surface area contributed by atoms with Gasteiger partial charge in [0.15, 0.2) is 0 Å². The van der Waals surface area contributed by atoms with Crippen molar-refractivity contribution in [2.24, 2.45) is 0 Å². The fourth-order valence-electron chi connectivity index (χ4n) is 1.29. The monoisotopic (exact) mass is 240 g/mol. The molecule has 0 fully saturated rings. The van der Waals surface area contributed by atoms with Crippen LogP contribution in [0.15, 0.2) is 12.1 Å². The third-order valence-corrected chi connectivity index (χ3v) is 3.07. The van der Waals surface area contributed by atoms with Gasteiger partial charge in [0.25, 0.3) is 0 Å². The van der Waals surface area contributed by atoms with Gasteiger partial charge < -0.3 is 15.2 Å². The number of thiophene rings is 1. The van der Waals surface area contributed by atoms with Gasteiger partial charge in [-0.1, -0.05) is 0 Å². The minimum atomic E-state index is -0.407. The van der Waals surface area contributed by atoms with Crippen LogP contribution in [0.1, 0.15) is 16.2 Å². The number of aliphatic hydroxyl groups excluding tert-OH is 1. The van der Waals surface area contributed by atoms with Crippen molar-refractivity contribution in [1.29, 1.82) is 5.26 Å². The summed E-state index contributed by atoms with van der Waals surface area (Å²) in [6.07, 6.45) is 0.264. The summed E-state index contributed by atoms with van der Waals surface area (Å²) in [5, 5.41) is 21.2. The second kappa shape index (κ2) is 7.36. The van der Waals surface area contributed by atoms with Gasteiger partial charge in [0.2, 0.25) is 0 Å². The highest BCUT2D eigenvalue weighted by Gasteiger charge is 2.03. The number of hydrogen-bond acceptors (Lipinski definition) is 5. The molecule has 1 heterocycles. The van der Waals surface area contributed by atoms with Crippen molar-refractivity contribution in [3.05, 3.63) is 21.9 Å². The van der Waals surface area contributed by atoms with Crippen molar-refractivity contribution >= 4 is 11.3 Å². The summed E-state index contributed by atoms with van der Waals surface area (Å²) in [5.74, 6) is 0. The van der Waals surface area contributed by atoms with Gasteiger partial charge in [0, 0.05) is 18.5 Å². The van der Waals surface area contributed by atoms with Crippen LogP contribution in [-0.4, -0.2) is 31.5 Å². The van der Waals surface area contributed by atoms with Crippen molar-refractivity contribution in [3.8, 4) is 6.07 Å². The molecule has 1 aromatic rings. The molecule has 0 aliphatic rings. The smallest absolute Gasteiger partial charge is 0.110 e. The highest BCUT2D eigenvalue weighted by molar-refractivity contribution is 7.12. The van der Waals surface area contributed by atoms with Crippen LogP contribution in [0.4, 0.5) is 0 Å². The zero-order valence-electron chi connectivity index (χ0n) is 9.27. The van der Waals surface area contributed by atoms with E-state index in [2.05, 4.69) is 11.4 Å². The van der Waals surface area contributed by atoms with E-state index in [9.17, 15) is 5.11 Å². The van der Waals surface area contributed by atoms with Crippen LogP contribution in [0.3, 0.4) is 0 Å². The topological polar surface area (TPSA) is 65.3 Å². The molecule has 88 valence electrons. The summed E-state index contributed by atoms with van der Waals surface area (Å²) < 4.78 is 4.83. The molecule has 1 unspecified atom stereocenters. The molecular weight excluding hydrogens is 224 g/mol. The molecule has 0 bridgehead atoms. The van der Waals surface area contributed by atoms with E-state index in [1.54, 1.807) is 7.11 Å². The molecule has 0 aliphatic heterocycles. The number of ether oxygens (including phenoxy) is 1. The lowest BCUT2D eigenvalue weighted by atomic mass is 10.2. The zero-order chi connectivity index (χ0) is 11.8. The molecule has 0 saturated carbocycles. The van der Waals surface area contributed by atoms with Crippen LogP contribution < -0.4 is 5.32 Å². The van der Waals surface area contributed by atoms with Crippen LogP contribution >= 0.6 is 11.3 Å². The van der Waals surface area contributed by atoms with Crippen LogP contribution in [0.2, 0.25) is 0 Å². The predicted molar refractivity (Wildman–Crippen MR) is 63.2 cm³/mol. The van der Waals surface area contributed by atoms with E-state index in [1.807, 2.05) is 12.1 Å². The van der Waals surface area contributed by atoms with Gasteiger partial charge in [-0.25, -0.2) is 0 Å². The van der Waals surface area contributed by atoms with Gasteiger partial charge in [-0.15, -0.1) is 11.3 Å².